The van der Waals surface area contributed by atoms with E-state index in [2.05, 4.69) is 22.8 Å². The number of carbonyl (C=O) groups is 2. The summed E-state index contributed by atoms with van der Waals surface area (Å²) < 4.78 is 1.21. The molecule has 0 radical (unpaired) electrons. The van der Waals surface area contributed by atoms with Crippen LogP contribution in [-0.4, -0.2) is 41.4 Å². The number of nitrogens with one attached hydrogen (secondary N) is 1. The van der Waals surface area contributed by atoms with E-state index in [1.807, 2.05) is 36.4 Å². The lowest BCUT2D eigenvalue weighted by Gasteiger charge is -2.28. The number of urea groups is 1. The first-order chi connectivity index (χ1) is 14.5. The number of likely N-dealkylation sites (N-methyl/N-ethyl adjacent to an activating group) is 1. The van der Waals surface area contributed by atoms with Crippen LogP contribution in [0.4, 0.5) is 4.79 Å². The SMILES string of the molecule is CN(Cc1ccc(Cl)cc1)C(=O)[C@H]1CCCN1C(=O)NCc1csc2ccccc12. The van der Waals surface area contributed by atoms with Gasteiger partial charge < -0.3 is 15.1 Å². The fourth-order valence-electron chi connectivity index (χ4n) is 3.90. The largest absolute Gasteiger partial charge is 0.340 e. The Kier molecular flexibility index (Phi) is 6.25. The average molecular weight is 442 g/mol. The Hall–Kier alpha value is -2.57. The highest BCUT2D eigenvalue weighted by Crippen LogP contribution is 2.26. The maximum Gasteiger partial charge on any atom is 0.318 e. The third kappa shape index (κ3) is 4.45. The van der Waals surface area contributed by atoms with Gasteiger partial charge in [-0.25, -0.2) is 4.79 Å². The molecule has 1 aliphatic heterocycles. The monoisotopic (exact) mass is 441 g/mol. The van der Waals surface area contributed by atoms with Crippen LogP contribution in [0, 0.1) is 0 Å². The third-order valence-electron chi connectivity index (χ3n) is 5.50. The van der Waals surface area contributed by atoms with Crippen molar-refractivity contribution in [3.05, 3.63) is 70.1 Å². The zero-order chi connectivity index (χ0) is 21.1. The summed E-state index contributed by atoms with van der Waals surface area (Å²) in [5, 5.41) is 6.93. The number of nitrogens with zero attached hydrogens (tertiary/aromatic N) is 2. The number of rotatable bonds is 5. The predicted octanol–water partition coefficient (Wildman–Crippen LogP) is 4.89. The van der Waals surface area contributed by atoms with E-state index < -0.39 is 6.04 Å². The molecular weight excluding hydrogens is 418 g/mol. The second kappa shape index (κ2) is 9.06. The molecule has 156 valence electrons. The van der Waals surface area contributed by atoms with Gasteiger partial charge in [-0.3, -0.25) is 4.79 Å². The first-order valence-corrected chi connectivity index (χ1v) is 11.3. The van der Waals surface area contributed by atoms with Crippen LogP contribution < -0.4 is 5.32 Å². The molecule has 7 heteroatoms. The van der Waals surface area contributed by atoms with Gasteiger partial charge in [-0.1, -0.05) is 41.9 Å². The number of thiophene rings is 1. The van der Waals surface area contributed by atoms with Crippen molar-refractivity contribution in [2.45, 2.75) is 32.0 Å². The summed E-state index contributed by atoms with van der Waals surface area (Å²) >= 11 is 7.61. The van der Waals surface area contributed by atoms with Gasteiger partial charge in [-0.15, -0.1) is 11.3 Å². The number of hydrogen-bond acceptors (Lipinski definition) is 3. The molecule has 1 fully saturated rings. The summed E-state index contributed by atoms with van der Waals surface area (Å²) in [4.78, 5) is 29.2. The number of halogens is 1. The van der Waals surface area contributed by atoms with Crippen molar-refractivity contribution < 1.29 is 9.59 Å². The number of benzene rings is 2. The number of amides is 3. The van der Waals surface area contributed by atoms with Crippen molar-refractivity contribution in [3.63, 3.8) is 0 Å². The quantitative estimate of drug-likeness (QED) is 0.613. The Labute approximate surface area is 185 Å². The molecule has 3 aromatic rings. The molecule has 30 heavy (non-hydrogen) atoms. The molecule has 0 spiro atoms. The smallest absolute Gasteiger partial charge is 0.318 e. The maximum atomic E-state index is 13.0. The van der Waals surface area contributed by atoms with E-state index in [4.69, 9.17) is 11.6 Å². The Morgan fingerprint density at radius 2 is 1.97 bits per heavy atom. The van der Waals surface area contributed by atoms with Crippen molar-refractivity contribution in [2.24, 2.45) is 0 Å². The normalized spacial score (nSPS) is 16.1. The van der Waals surface area contributed by atoms with Gasteiger partial charge in [0.1, 0.15) is 6.04 Å². The van der Waals surface area contributed by atoms with Crippen LogP contribution in [0.25, 0.3) is 10.1 Å². The molecule has 1 N–H and O–H groups in total. The number of hydrogen-bond donors (Lipinski definition) is 1. The van der Waals surface area contributed by atoms with Crippen LogP contribution in [0.1, 0.15) is 24.0 Å². The second-order valence-electron chi connectivity index (χ2n) is 7.59. The highest BCUT2D eigenvalue weighted by molar-refractivity contribution is 7.17. The number of likely N-dealkylation sites (tertiary alicyclic amines) is 1. The third-order valence-corrected chi connectivity index (χ3v) is 6.76. The highest BCUT2D eigenvalue weighted by atomic mass is 35.5. The summed E-state index contributed by atoms with van der Waals surface area (Å²) in [6.45, 7) is 1.55. The minimum atomic E-state index is -0.415. The molecule has 2 aromatic carbocycles. The van der Waals surface area contributed by atoms with Gasteiger partial charge in [-0.05, 0) is 52.9 Å². The Balaban J connectivity index is 1.37. The Morgan fingerprint density at radius 3 is 2.77 bits per heavy atom. The van der Waals surface area contributed by atoms with Gasteiger partial charge in [0.05, 0.1) is 0 Å². The van der Waals surface area contributed by atoms with Crippen molar-refractivity contribution in [3.8, 4) is 0 Å². The van der Waals surface area contributed by atoms with Crippen LogP contribution in [0.15, 0.2) is 53.9 Å². The lowest BCUT2D eigenvalue weighted by Crippen LogP contribution is -2.49. The fourth-order valence-corrected chi connectivity index (χ4v) is 4.99. The van der Waals surface area contributed by atoms with E-state index in [-0.39, 0.29) is 11.9 Å². The van der Waals surface area contributed by atoms with Crippen LogP contribution in [0.2, 0.25) is 5.02 Å². The van der Waals surface area contributed by atoms with E-state index in [0.717, 1.165) is 17.5 Å². The first kappa shape index (κ1) is 20.7. The van der Waals surface area contributed by atoms with Gasteiger partial charge in [0, 0.05) is 36.4 Å². The molecule has 1 atom stereocenters. The van der Waals surface area contributed by atoms with Crippen molar-refractivity contribution in [1.82, 2.24) is 15.1 Å². The lowest BCUT2D eigenvalue weighted by molar-refractivity contribution is -0.134. The molecule has 0 aliphatic carbocycles. The zero-order valence-corrected chi connectivity index (χ0v) is 18.4. The topological polar surface area (TPSA) is 52.7 Å². The second-order valence-corrected chi connectivity index (χ2v) is 8.94. The standard InChI is InChI=1S/C23H24ClN3O2S/c1-26(14-16-8-10-18(24)11-9-16)22(28)20-6-4-12-27(20)23(29)25-13-17-15-30-21-7-3-2-5-19(17)21/h2-3,5,7-11,15,20H,4,6,12-14H2,1H3,(H,25,29)/t20-/m1/s1. The predicted molar refractivity (Wildman–Crippen MR) is 122 cm³/mol. The van der Waals surface area contributed by atoms with Crippen molar-refractivity contribution >= 4 is 45.0 Å². The summed E-state index contributed by atoms with van der Waals surface area (Å²) in [6, 6.07) is 15.0. The number of fused-ring (bicyclic) bond motifs is 1. The minimum Gasteiger partial charge on any atom is -0.340 e. The van der Waals surface area contributed by atoms with Crippen LogP contribution >= 0.6 is 22.9 Å². The first-order valence-electron chi connectivity index (χ1n) is 10.0. The van der Waals surface area contributed by atoms with E-state index in [9.17, 15) is 9.59 Å². The van der Waals surface area contributed by atoms with Crippen molar-refractivity contribution in [2.75, 3.05) is 13.6 Å². The van der Waals surface area contributed by atoms with Gasteiger partial charge >= 0.3 is 6.03 Å². The molecule has 3 amide bonds. The van der Waals surface area contributed by atoms with E-state index in [1.54, 1.807) is 28.2 Å². The van der Waals surface area contributed by atoms with E-state index >= 15 is 0 Å². The molecule has 4 rings (SSSR count). The lowest BCUT2D eigenvalue weighted by atomic mass is 10.1. The van der Waals surface area contributed by atoms with Crippen LogP contribution in [0.3, 0.4) is 0 Å². The van der Waals surface area contributed by atoms with Crippen molar-refractivity contribution in [1.29, 1.82) is 0 Å². The van der Waals surface area contributed by atoms with E-state index in [0.29, 0.717) is 31.1 Å². The molecule has 5 nitrogen and oxygen atoms in total. The van der Waals surface area contributed by atoms with Crippen LogP contribution in [-0.2, 0) is 17.9 Å². The molecule has 0 saturated carbocycles. The van der Waals surface area contributed by atoms with Gasteiger partial charge in [0.2, 0.25) is 5.91 Å². The molecule has 0 bridgehead atoms. The van der Waals surface area contributed by atoms with Gasteiger partial charge in [-0.2, -0.15) is 0 Å². The molecule has 1 aromatic heterocycles. The highest BCUT2D eigenvalue weighted by Gasteiger charge is 2.35. The molecule has 1 saturated heterocycles. The molecule has 1 aliphatic rings. The number of carbonyl (C=O) groups excluding carboxylic acids is 2. The molecule has 0 unspecified atom stereocenters. The summed E-state index contributed by atoms with van der Waals surface area (Å²) in [6.07, 6.45) is 1.53. The van der Waals surface area contributed by atoms with E-state index in [1.165, 1.54) is 10.1 Å². The van der Waals surface area contributed by atoms with Crippen LogP contribution in [0.5, 0.6) is 0 Å². The average Bonchev–Trinajstić information content (AvgIpc) is 3.40. The fraction of sp³-hybridized carbons (Fsp3) is 0.304. The van der Waals surface area contributed by atoms with Gasteiger partial charge in [0.15, 0.2) is 0 Å². The maximum absolute atomic E-state index is 13.0. The summed E-state index contributed by atoms with van der Waals surface area (Å²) in [7, 11) is 1.78. The summed E-state index contributed by atoms with van der Waals surface area (Å²) in [5.74, 6) is -0.0291. The summed E-state index contributed by atoms with van der Waals surface area (Å²) in [5.41, 5.74) is 2.11. The molecule has 2 heterocycles. The Morgan fingerprint density at radius 1 is 1.20 bits per heavy atom. The van der Waals surface area contributed by atoms with Gasteiger partial charge in [0.25, 0.3) is 0 Å². The molecular formula is C23H24ClN3O2S. The zero-order valence-electron chi connectivity index (χ0n) is 16.8. The Bertz CT molecular complexity index is 1050. The minimum absolute atomic E-state index is 0.0291.